The van der Waals surface area contributed by atoms with Crippen molar-refractivity contribution in [3.8, 4) is 0 Å². The van der Waals surface area contributed by atoms with Crippen LogP contribution in [0.2, 0.25) is 0 Å². The molecule has 70 valence electrons. The molecule has 0 spiro atoms. The molecule has 0 heterocycles. The molecular formula is C9H22O2. The summed E-state index contributed by atoms with van der Waals surface area (Å²) in [5.74, 6) is 0. The van der Waals surface area contributed by atoms with Crippen LogP contribution in [-0.2, 0) is 4.74 Å². The summed E-state index contributed by atoms with van der Waals surface area (Å²) in [6.07, 6.45) is 1.62. The lowest BCUT2D eigenvalue weighted by Gasteiger charge is -2.09. The molecular weight excluding hydrogens is 140 g/mol. The van der Waals surface area contributed by atoms with Gasteiger partial charge in [0.15, 0.2) is 0 Å². The molecule has 0 saturated heterocycles. The minimum Gasteiger partial charge on any atom is -0.396 e. The van der Waals surface area contributed by atoms with Gasteiger partial charge in [0.25, 0.3) is 0 Å². The molecule has 2 heteroatoms. The zero-order valence-corrected chi connectivity index (χ0v) is 8.42. The van der Waals surface area contributed by atoms with Gasteiger partial charge in [-0.2, -0.15) is 0 Å². The lowest BCUT2D eigenvalue weighted by Crippen LogP contribution is -2.09. The molecule has 0 aromatic carbocycles. The Labute approximate surface area is 70.6 Å². The van der Waals surface area contributed by atoms with Crippen molar-refractivity contribution in [3.05, 3.63) is 0 Å². The van der Waals surface area contributed by atoms with Crippen molar-refractivity contribution in [2.24, 2.45) is 0 Å². The van der Waals surface area contributed by atoms with Crippen molar-refractivity contribution in [2.75, 3.05) is 6.61 Å². The number of hydrogen-bond donors (Lipinski definition) is 1. The van der Waals surface area contributed by atoms with Crippen molar-refractivity contribution in [2.45, 2.75) is 53.2 Å². The van der Waals surface area contributed by atoms with Crippen molar-refractivity contribution >= 4 is 0 Å². The van der Waals surface area contributed by atoms with Crippen LogP contribution in [-0.4, -0.2) is 23.9 Å². The van der Waals surface area contributed by atoms with E-state index in [-0.39, 0.29) is 0 Å². The second kappa shape index (κ2) is 9.92. The number of aliphatic hydroxyl groups is 1. The molecule has 0 aliphatic heterocycles. The van der Waals surface area contributed by atoms with Gasteiger partial charge in [-0.05, 0) is 34.1 Å². The summed E-state index contributed by atoms with van der Waals surface area (Å²) in [5.41, 5.74) is 0. The number of hydrogen-bond acceptors (Lipinski definition) is 2. The van der Waals surface area contributed by atoms with E-state index >= 15 is 0 Å². The Morgan fingerprint density at radius 2 is 1.36 bits per heavy atom. The largest absolute Gasteiger partial charge is 0.396 e. The van der Waals surface area contributed by atoms with Crippen LogP contribution in [0.4, 0.5) is 0 Å². The smallest absolute Gasteiger partial charge is 0.0522 e. The predicted molar refractivity (Wildman–Crippen MR) is 48.7 cm³/mol. The van der Waals surface area contributed by atoms with Crippen LogP contribution in [0.1, 0.15) is 41.0 Å². The standard InChI is InChI=1S/C6H14O.C3H8O/c1-5(2)7-6(3)4;1-2-3-4/h5-6H,1-4H3;4H,2-3H2,1H3. The zero-order valence-electron chi connectivity index (χ0n) is 8.42. The van der Waals surface area contributed by atoms with Gasteiger partial charge < -0.3 is 9.84 Å². The van der Waals surface area contributed by atoms with E-state index in [2.05, 4.69) is 0 Å². The average Bonchev–Trinajstić information content (AvgIpc) is 1.85. The highest BCUT2D eigenvalue weighted by atomic mass is 16.5. The highest BCUT2D eigenvalue weighted by molar-refractivity contribution is 4.40. The second-order valence-electron chi connectivity index (χ2n) is 2.96. The van der Waals surface area contributed by atoms with Crippen molar-refractivity contribution in [1.29, 1.82) is 0 Å². The Bertz CT molecular complexity index is 52.6. The summed E-state index contributed by atoms with van der Waals surface area (Å²) in [6, 6.07) is 0. The molecule has 0 unspecified atom stereocenters. The van der Waals surface area contributed by atoms with Gasteiger partial charge in [-0.25, -0.2) is 0 Å². The minimum absolute atomic E-state index is 0.319. The third-order valence-electron chi connectivity index (χ3n) is 0.768. The molecule has 0 aromatic heterocycles. The number of rotatable bonds is 3. The first-order valence-corrected chi connectivity index (χ1v) is 4.30. The van der Waals surface area contributed by atoms with E-state index in [1.807, 2.05) is 34.6 Å². The van der Waals surface area contributed by atoms with Crippen LogP contribution in [0.25, 0.3) is 0 Å². The number of aliphatic hydroxyl groups excluding tert-OH is 1. The Balaban J connectivity index is 0. The second-order valence-corrected chi connectivity index (χ2v) is 2.96. The maximum absolute atomic E-state index is 7.88. The fraction of sp³-hybridized carbons (Fsp3) is 1.00. The number of ether oxygens (including phenoxy) is 1. The summed E-state index contributed by atoms with van der Waals surface area (Å²) in [6.45, 7) is 10.4. The average molecular weight is 162 g/mol. The first-order valence-electron chi connectivity index (χ1n) is 4.30. The fourth-order valence-corrected chi connectivity index (χ4v) is 0.544. The summed E-state index contributed by atoms with van der Waals surface area (Å²) < 4.78 is 5.25. The molecule has 0 amide bonds. The van der Waals surface area contributed by atoms with Crippen LogP contribution in [0.3, 0.4) is 0 Å². The summed E-state index contributed by atoms with van der Waals surface area (Å²) in [4.78, 5) is 0. The van der Waals surface area contributed by atoms with E-state index in [0.717, 1.165) is 6.42 Å². The quantitative estimate of drug-likeness (QED) is 0.689. The van der Waals surface area contributed by atoms with Crippen LogP contribution in [0.15, 0.2) is 0 Å². The van der Waals surface area contributed by atoms with E-state index in [1.54, 1.807) is 0 Å². The van der Waals surface area contributed by atoms with Crippen molar-refractivity contribution < 1.29 is 9.84 Å². The highest BCUT2D eigenvalue weighted by Crippen LogP contribution is 1.93. The molecule has 0 aliphatic carbocycles. The summed E-state index contributed by atoms with van der Waals surface area (Å²) in [5, 5.41) is 7.88. The van der Waals surface area contributed by atoms with Gasteiger partial charge in [-0.1, -0.05) is 6.92 Å². The van der Waals surface area contributed by atoms with Gasteiger partial charge in [0.1, 0.15) is 0 Å². The van der Waals surface area contributed by atoms with Crippen molar-refractivity contribution in [3.63, 3.8) is 0 Å². The molecule has 2 nitrogen and oxygen atoms in total. The lowest BCUT2D eigenvalue weighted by atomic mass is 10.4. The van der Waals surface area contributed by atoms with Crippen LogP contribution in [0.5, 0.6) is 0 Å². The van der Waals surface area contributed by atoms with Crippen molar-refractivity contribution in [1.82, 2.24) is 0 Å². The van der Waals surface area contributed by atoms with E-state index in [0.29, 0.717) is 18.8 Å². The summed E-state index contributed by atoms with van der Waals surface area (Å²) in [7, 11) is 0. The fourth-order valence-electron chi connectivity index (χ4n) is 0.544. The molecule has 0 saturated carbocycles. The maximum atomic E-state index is 7.88. The Kier molecular flexibility index (Phi) is 12.2. The molecule has 0 bridgehead atoms. The highest BCUT2D eigenvalue weighted by Gasteiger charge is 1.94. The third kappa shape index (κ3) is 25.7. The first kappa shape index (κ1) is 13.5. The SMILES string of the molecule is CC(C)OC(C)C.CCCO. The molecule has 11 heavy (non-hydrogen) atoms. The normalized spacial score (nSPS) is 9.82. The summed E-state index contributed by atoms with van der Waals surface area (Å²) >= 11 is 0. The molecule has 0 aliphatic rings. The molecule has 0 atom stereocenters. The molecule has 0 aromatic rings. The van der Waals surface area contributed by atoms with Gasteiger partial charge in [0.2, 0.25) is 0 Å². The molecule has 0 radical (unpaired) electrons. The molecule has 0 rings (SSSR count). The van der Waals surface area contributed by atoms with Gasteiger partial charge in [0.05, 0.1) is 12.2 Å². The predicted octanol–water partition coefficient (Wildman–Crippen LogP) is 2.21. The van der Waals surface area contributed by atoms with Crippen LogP contribution in [0, 0.1) is 0 Å². The van der Waals surface area contributed by atoms with E-state index in [9.17, 15) is 0 Å². The third-order valence-corrected chi connectivity index (χ3v) is 0.768. The Hall–Kier alpha value is -0.0800. The van der Waals surface area contributed by atoms with Crippen LogP contribution < -0.4 is 0 Å². The topological polar surface area (TPSA) is 29.5 Å². The molecule has 0 fully saturated rings. The van der Waals surface area contributed by atoms with Gasteiger partial charge in [-0.15, -0.1) is 0 Å². The van der Waals surface area contributed by atoms with Crippen LogP contribution >= 0.6 is 0 Å². The van der Waals surface area contributed by atoms with Gasteiger partial charge in [0, 0.05) is 6.61 Å². The first-order chi connectivity index (χ1) is 5.04. The lowest BCUT2D eigenvalue weighted by molar-refractivity contribution is 0.0300. The van der Waals surface area contributed by atoms with E-state index < -0.39 is 0 Å². The van der Waals surface area contributed by atoms with E-state index in [4.69, 9.17) is 9.84 Å². The minimum atomic E-state index is 0.319. The van der Waals surface area contributed by atoms with Gasteiger partial charge in [-0.3, -0.25) is 0 Å². The zero-order chi connectivity index (χ0) is 9.28. The Morgan fingerprint density at radius 3 is 1.36 bits per heavy atom. The maximum Gasteiger partial charge on any atom is 0.0522 e. The van der Waals surface area contributed by atoms with Gasteiger partial charge >= 0.3 is 0 Å². The molecule has 1 N–H and O–H groups in total. The van der Waals surface area contributed by atoms with E-state index in [1.165, 1.54) is 0 Å². The monoisotopic (exact) mass is 162 g/mol. The Morgan fingerprint density at radius 1 is 1.09 bits per heavy atom.